The van der Waals surface area contributed by atoms with Gasteiger partial charge in [0.25, 0.3) is 0 Å². The molecule has 1 atom stereocenters. The molecular weight excluding hydrogens is 326 g/mol. The van der Waals surface area contributed by atoms with Gasteiger partial charge in [0, 0.05) is 18.9 Å². The van der Waals surface area contributed by atoms with Crippen LogP contribution in [0.3, 0.4) is 0 Å². The van der Waals surface area contributed by atoms with Crippen molar-refractivity contribution in [2.75, 3.05) is 7.05 Å². The van der Waals surface area contributed by atoms with E-state index >= 15 is 0 Å². The van der Waals surface area contributed by atoms with Gasteiger partial charge in [-0.05, 0) is 51.9 Å². The van der Waals surface area contributed by atoms with Gasteiger partial charge < -0.3 is 5.32 Å². The molecule has 1 N–H and O–H groups in total. The second-order valence-corrected chi connectivity index (χ2v) is 6.96. The van der Waals surface area contributed by atoms with E-state index in [4.69, 9.17) is 0 Å². The molecule has 1 unspecified atom stereocenters. The minimum Gasteiger partial charge on any atom is -0.308 e. The lowest BCUT2D eigenvalue weighted by molar-refractivity contribution is 0.714. The molecule has 0 saturated carbocycles. The second kappa shape index (κ2) is 5.13. The van der Waals surface area contributed by atoms with E-state index in [0.29, 0.717) is 0 Å². The van der Waals surface area contributed by atoms with Gasteiger partial charge in [-0.1, -0.05) is 18.2 Å². The summed E-state index contributed by atoms with van der Waals surface area (Å²) in [5, 5.41) is 6.86. The molecule has 1 nitrogen and oxygen atoms in total. The standard InChI is InChI=1S/C14H12BrNS2/c1-16-13(14-10(15)6-7-17-14)12-8-9-4-2-3-5-11(9)18-12/h2-8,13,16H,1H3. The van der Waals surface area contributed by atoms with E-state index in [1.807, 2.05) is 18.4 Å². The lowest BCUT2D eigenvalue weighted by Crippen LogP contribution is -2.15. The highest BCUT2D eigenvalue weighted by Gasteiger charge is 2.18. The van der Waals surface area contributed by atoms with Crippen LogP contribution in [0.25, 0.3) is 10.1 Å². The average Bonchev–Trinajstić information content (AvgIpc) is 2.97. The van der Waals surface area contributed by atoms with Crippen molar-refractivity contribution in [1.82, 2.24) is 5.32 Å². The van der Waals surface area contributed by atoms with E-state index in [-0.39, 0.29) is 6.04 Å². The summed E-state index contributed by atoms with van der Waals surface area (Å²) in [6.45, 7) is 0. The molecule has 0 amide bonds. The van der Waals surface area contributed by atoms with Crippen molar-refractivity contribution in [3.8, 4) is 0 Å². The first-order valence-corrected chi connectivity index (χ1v) is 8.17. The van der Waals surface area contributed by atoms with Gasteiger partial charge in [0.15, 0.2) is 0 Å². The Morgan fingerprint density at radius 3 is 2.72 bits per heavy atom. The number of halogens is 1. The molecule has 2 heterocycles. The van der Waals surface area contributed by atoms with Crippen molar-refractivity contribution in [1.29, 1.82) is 0 Å². The SMILES string of the molecule is CNC(c1cc2ccccc2s1)c1sccc1Br. The first kappa shape index (κ1) is 12.4. The van der Waals surface area contributed by atoms with Crippen LogP contribution in [0.4, 0.5) is 0 Å². The van der Waals surface area contributed by atoms with E-state index in [9.17, 15) is 0 Å². The van der Waals surface area contributed by atoms with Crippen LogP contribution in [0.2, 0.25) is 0 Å². The van der Waals surface area contributed by atoms with Crippen LogP contribution in [-0.2, 0) is 0 Å². The summed E-state index contributed by atoms with van der Waals surface area (Å²) in [5.74, 6) is 0. The van der Waals surface area contributed by atoms with Crippen LogP contribution in [0, 0.1) is 0 Å². The number of thiophene rings is 2. The first-order valence-electron chi connectivity index (χ1n) is 5.68. The fourth-order valence-electron chi connectivity index (χ4n) is 2.06. The fraction of sp³-hybridized carbons (Fsp3) is 0.143. The summed E-state index contributed by atoms with van der Waals surface area (Å²) in [5.41, 5.74) is 0. The molecular formula is C14H12BrNS2. The number of hydrogen-bond acceptors (Lipinski definition) is 3. The molecule has 3 rings (SSSR count). The van der Waals surface area contributed by atoms with Crippen LogP contribution in [0.15, 0.2) is 46.3 Å². The van der Waals surface area contributed by atoms with Gasteiger partial charge in [0.1, 0.15) is 0 Å². The van der Waals surface area contributed by atoms with E-state index in [0.717, 1.165) is 0 Å². The maximum absolute atomic E-state index is 3.62. The van der Waals surface area contributed by atoms with E-state index < -0.39 is 0 Å². The van der Waals surface area contributed by atoms with Crippen LogP contribution < -0.4 is 5.32 Å². The van der Waals surface area contributed by atoms with Gasteiger partial charge in [0.05, 0.1) is 6.04 Å². The number of nitrogens with one attached hydrogen (secondary N) is 1. The fourth-order valence-corrected chi connectivity index (χ4v) is 5.05. The molecule has 3 aromatic rings. The summed E-state index contributed by atoms with van der Waals surface area (Å²) in [4.78, 5) is 2.70. The molecule has 0 spiro atoms. The molecule has 0 saturated heterocycles. The summed E-state index contributed by atoms with van der Waals surface area (Å²) in [6, 6.07) is 13.2. The van der Waals surface area contributed by atoms with Gasteiger partial charge >= 0.3 is 0 Å². The average molecular weight is 338 g/mol. The van der Waals surface area contributed by atoms with E-state index in [1.165, 1.54) is 24.3 Å². The Morgan fingerprint density at radius 2 is 2.06 bits per heavy atom. The highest BCUT2D eigenvalue weighted by molar-refractivity contribution is 9.10. The Labute approximate surface area is 123 Å². The third-order valence-corrected chi connectivity index (χ3v) is 6.04. The van der Waals surface area contributed by atoms with E-state index in [2.05, 4.69) is 63.0 Å². The molecule has 92 valence electrons. The van der Waals surface area contributed by atoms with Crippen LogP contribution in [-0.4, -0.2) is 7.05 Å². The highest BCUT2D eigenvalue weighted by atomic mass is 79.9. The van der Waals surface area contributed by atoms with Gasteiger partial charge in [-0.15, -0.1) is 22.7 Å². The van der Waals surface area contributed by atoms with Crippen molar-refractivity contribution < 1.29 is 0 Å². The lowest BCUT2D eigenvalue weighted by atomic mass is 10.2. The highest BCUT2D eigenvalue weighted by Crippen LogP contribution is 2.37. The van der Waals surface area contributed by atoms with Crippen molar-refractivity contribution in [3.63, 3.8) is 0 Å². The molecule has 0 aliphatic carbocycles. The summed E-state index contributed by atoms with van der Waals surface area (Å²) < 4.78 is 2.53. The van der Waals surface area contributed by atoms with Gasteiger partial charge in [-0.3, -0.25) is 0 Å². The quantitative estimate of drug-likeness (QED) is 0.706. The summed E-state index contributed by atoms with van der Waals surface area (Å²) in [6.07, 6.45) is 0. The molecule has 0 bridgehead atoms. The Balaban J connectivity index is 2.09. The van der Waals surface area contributed by atoms with Crippen molar-refractivity contribution in [3.05, 3.63) is 56.0 Å². The molecule has 0 aliphatic rings. The summed E-state index contributed by atoms with van der Waals surface area (Å²) >= 11 is 7.27. The maximum atomic E-state index is 3.62. The predicted octanol–water partition coefficient (Wildman–Crippen LogP) is 5.03. The van der Waals surface area contributed by atoms with Crippen molar-refractivity contribution in [2.24, 2.45) is 0 Å². The molecule has 2 aromatic heterocycles. The van der Waals surface area contributed by atoms with Crippen molar-refractivity contribution >= 4 is 48.7 Å². The Bertz CT molecular complexity index is 638. The van der Waals surface area contributed by atoms with Crippen molar-refractivity contribution in [2.45, 2.75) is 6.04 Å². The number of benzene rings is 1. The smallest absolute Gasteiger partial charge is 0.0774 e. The zero-order valence-electron chi connectivity index (χ0n) is 9.81. The minimum atomic E-state index is 0.275. The zero-order valence-corrected chi connectivity index (χ0v) is 13.0. The Kier molecular flexibility index (Phi) is 3.52. The molecule has 4 heteroatoms. The topological polar surface area (TPSA) is 12.0 Å². The zero-order chi connectivity index (χ0) is 12.5. The minimum absolute atomic E-state index is 0.275. The summed E-state index contributed by atoms with van der Waals surface area (Å²) in [7, 11) is 2.02. The molecule has 0 radical (unpaired) electrons. The van der Waals surface area contributed by atoms with Crippen LogP contribution in [0.5, 0.6) is 0 Å². The van der Waals surface area contributed by atoms with Gasteiger partial charge in [-0.25, -0.2) is 0 Å². The monoisotopic (exact) mass is 337 g/mol. The Hall–Kier alpha value is -0.680. The van der Waals surface area contributed by atoms with Gasteiger partial charge in [-0.2, -0.15) is 0 Å². The lowest BCUT2D eigenvalue weighted by Gasteiger charge is -2.13. The van der Waals surface area contributed by atoms with E-state index in [1.54, 1.807) is 11.3 Å². The third kappa shape index (κ3) is 2.14. The van der Waals surface area contributed by atoms with Crippen LogP contribution >= 0.6 is 38.6 Å². The second-order valence-electron chi connectivity index (χ2n) is 4.04. The Morgan fingerprint density at radius 1 is 1.22 bits per heavy atom. The normalized spacial score (nSPS) is 13.0. The molecule has 0 fully saturated rings. The van der Waals surface area contributed by atoms with Gasteiger partial charge in [0.2, 0.25) is 0 Å². The third-order valence-electron chi connectivity index (χ3n) is 2.92. The predicted molar refractivity (Wildman–Crippen MR) is 84.7 cm³/mol. The maximum Gasteiger partial charge on any atom is 0.0774 e. The molecule has 0 aliphatic heterocycles. The molecule has 1 aromatic carbocycles. The van der Waals surface area contributed by atoms with Crippen LogP contribution in [0.1, 0.15) is 15.8 Å². The molecule has 18 heavy (non-hydrogen) atoms. The first-order chi connectivity index (χ1) is 8.79. The number of hydrogen-bond donors (Lipinski definition) is 1. The largest absolute Gasteiger partial charge is 0.308 e. The number of fused-ring (bicyclic) bond motifs is 1. The number of rotatable bonds is 3.